The van der Waals surface area contributed by atoms with Crippen LogP contribution >= 0.6 is 0 Å². The highest BCUT2D eigenvalue weighted by Crippen LogP contribution is 2.66. The Balaban J connectivity index is 2.12. The van der Waals surface area contributed by atoms with Crippen molar-refractivity contribution < 1.29 is 62.6 Å². The van der Waals surface area contributed by atoms with Crippen LogP contribution in [0.1, 0.15) is 75.2 Å². The Morgan fingerprint density at radius 1 is 0.791 bits per heavy atom. The zero-order chi connectivity index (χ0) is 32.4. The second-order valence-electron chi connectivity index (χ2n) is 13.0. The quantitative estimate of drug-likeness (QED) is 0.197. The standard InChI is InChI=1S/C30H42O13/c1-13-19(39-14(2)31)11-30(37)26(43-18(6)35)24-28(9,25(36)23(42-17(5)34)22(13)27(30,7)8)20(40-15(3)32)10-21(41-16(4)33)29(24)12-38-29/h19-21,23-26,36-37H,10-12H2,1-9H3/t19-,20-,21-,23+,24-,25-,26-,28+,29-,30+/m0/s1. The number of carbonyl (C=O) groups excluding carboxylic acids is 5. The number of fused-ring (bicyclic) bond motifs is 4. The Hall–Kier alpha value is -3.03. The van der Waals surface area contributed by atoms with E-state index in [0.29, 0.717) is 5.57 Å². The smallest absolute Gasteiger partial charge is 0.303 e. The molecule has 0 aromatic carbocycles. The van der Waals surface area contributed by atoms with Crippen LogP contribution in [-0.4, -0.2) is 94.5 Å². The highest BCUT2D eigenvalue weighted by molar-refractivity contribution is 5.69. The molecule has 10 atom stereocenters. The number of esters is 5. The fraction of sp³-hybridized carbons (Fsp3) is 0.767. The summed E-state index contributed by atoms with van der Waals surface area (Å²) in [7, 11) is 0. The maximum Gasteiger partial charge on any atom is 0.303 e. The maximum atomic E-state index is 12.9. The Bertz CT molecular complexity index is 1250. The summed E-state index contributed by atoms with van der Waals surface area (Å²) in [6.07, 6.45) is -8.16. The first-order valence-electron chi connectivity index (χ1n) is 14.4. The van der Waals surface area contributed by atoms with Crippen LogP contribution in [0.3, 0.4) is 0 Å². The molecule has 0 aromatic heterocycles. The molecule has 4 aliphatic rings. The number of epoxide rings is 1. The van der Waals surface area contributed by atoms with Gasteiger partial charge in [0.05, 0.1) is 6.61 Å². The third-order valence-corrected chi connectivity index (χ3v) is 9.99. The number of aliphatic hydroxyl groups excluding tert-OH is 1. The van der Waals surface area contributed by atoms with Crippen LogP contribution in [0.25, 0.3) is 0 Å². The van der Waals surface area contributed by atoms with E-state index in [1.165, 1.54) is 27.7 Å². The average Bonchev–Trinajstić information content (AvgIpc) is 3.63. The molecule has 1 saturated heterocycles. The third kappa shape index (κ3) is 5.12. The molecule has 0 aromatic rings. The van der Waals surface area contributed by atoms with E-state index in [1.54, 1.807) is 27.7 Å². The van der Waals surface area contributed by atoms with Gasteiger partial charge >= 0.3 is 29.8 Å². The molecule has 240 valence electrons. The highest BCUT2D eigenvalue weighted by atomic mass is 16.6. The van der Waals surface area contributed by atoms with Gasteiger partial charge in [-0.15, -0.1) is 0 Å². The van der Waals surface area contributed by atoms with Gasteiger partial charge in [0.1, 0.15) is 41.7 Å². The van der Waals surface area contributed by atoms with E-state index in [9.17, 15) is 34.2 Å². The largest absolute Gasteiger partial charge is 0.462 e. The summed E-state index contributed by atoms with van der Waals surface area (Å²) >= 11 is 0. The molecule has 43 heavy (non-hydrogen) atoms. The second-order valence-corrected chi connectivity index (χ2v) is 13.0. The van der Waals surface area contributed by atoms with Gasteiger partial charge in [-0.05, 0) is 18.1 Å². The molecule has 4 rings (SSSR count). The predicted molar refractivity (Wildman–Crippen MR) is 145 cm³/mol. The summed E-state index contributed by atoms with van der Waals surface area (Å²) < 4.78 is 34.9. The average molecular weight is 611 g/mol. The third-order valence-electron chi connectivity index (χ3n) is 9.99. The van der Waals surface area contributed by atoms with Gasteiger partial charge in [-0.3, -0.25) is 24.0 Å². The number of aliphatic hydroxyl groups is 2. The number of ether oxygens (including phenoxy) is 6. The summed E-state index contributed by atoms with van der Waals surface area (Å²) in [6, 6.07) is 0. The van der Waals surface area contributed by atoms with Gasteiger partial charge in [0.15, 0.2) is 6.10 Å². The SMILES string of the molecule is CC(=O)O[C@H]1C[C@@]2(O)[C@@H](OC(C)=O)[C@@H]3[C@]4(CO4)[C@@H](OC(C)=O)C[C@H](OC(C)=O)[C@@]3(C)[C@@H](O)[C@H](OC(C)=O)C(=C1C)C2(C)C. The molecule has 0 radical (unpaired) electrons. The lowest BCUT2D eigenvalue weighted by Gasteiger charge is -2.64. The van der Waals surface area contributed by atoms with E-state index in [0.717, 1.165) is 6.92 Å². The van der Waals surface area contributed by atoms with Crippen molar-refractivity contribution in [3.63, 3.8) is 0 Å². The van der Waals surface area contributed by atoms with E-state index >= 15 is 0 Å². The first-order valence-corrected chi connectivity index (χ1v) is 14.4. The van der Waals surface area contributed by atoms with E-state index in [1.807, 2.05) is 0 Å². The number of rotatable bonds is 5. The van der Waals surface area contributed by atoms with Gasteiger partial charge in [-0.1, -0.05) is 20.8 Å². The molecular weight excluding hydrogens is 568 g/mol. The van der Waals surface area contributed by atoms with E-state index in [-0.39, 0.29) is 25.0 Å². The molecule has 1 heterocycles. The van der Waals surface area contributed by atoms with Crippen molar-refractivity contribution in [3.8, 4) is 0 Å². The summed E-state index contributed by atoms with van der Waals surface area (Å²) in [5.74, 6) is -4.70. The molecule has 1 aliphatic heterocycles. The number of hydrogen-bond donors (Lipinski definition) is 2. The van der Waals surface area contributed by atoms with Crippen molar-refractivity contribution in [3.05, 3.63) is 11.1 Å². The molecule has 13 heteroatoms. The summed E-state index contributed by atoms with van der Waals surface area (Å²) in [4.78, 5) is 62.3. The monoisotopic (exact) mass is 610 g/mol. The molecular formula is C30H42O13. The van der Waals surface area contributed by atoms with Crippen LogP contribution in [0.5, 0.6) is 0 Å². The highest BCUT2D eigenvalue weighted by Gasteiger charge is 2.79. The van der Waals surface area contributed by atoms with E-state index in [2.05, 4.69) is 0 Å². The lowest BCUT2D eigenvalue weighted by molar-refractivity contribution is -0.282. The van der Waals surface area contributed by atoms with Crippen molar-refractivity contribution >= 4 is 29.8 Å². The van der Waals surface area contributed by atoms with Gasteiger partial charge < -0.3 is 38.6 Å². The Labute approximate surface area is 250 Å². The van der Waals surface area contributed by atoms with Gasteiger partial charge in [0.25, 0.3) is 0 Å². The Morgan fingerprint density at radius 2 is 1.28 bits per heavy atom. The molecule has 13 nitrogen and oxygen atoms in total. The lowest BCUT2D eigenvalue weighted by atomic mass is 9.45. The molecule has 0 amide bonds. The number of hydrogen-bond acceptors (Lipinski definition) is 13. The fourth-order valence-corrected chi connectivity index (χ4v) is 8.08. The van der Waals surface area contributed by atoms with Gasteiger partial charge in [-0.25, -0.2) is 0 Å². The minimum atomic E-state index is -2.05. The molecule has 2 N–H and O–H groups in total. The Morgan fingerprint density at radius 3 is 1.74 bits per heavy atom. The second kappa shape index (κ2) is 10.8. The molecule has 1 spiro atoms. The molecule has 3 aliphatic carbocycles. The predicted octanol–water partition coefficient (Wildman–Crippen LogP) is 1.29. The minimum Gasteiger partial charge on any atom is -0.462 e. The van der Waals surface area contributed by atoms with Crippen molar-refractivity contribution in [2.75, 3.05) is 6.61 Å². The first-order chi connectivity index (χ1) is 19.7. The molecule has 3 fully saturated rings. The van der Waals surface area contributed by atoms with Gasteiger partial charge in [0, 0.05) is 64.2 Å². The normalized spacial score (nSPS) is 41.1. The van der Waals surface area contributed by atoms with Crippen LogP contribution in [-0.2, 0) is 52.4 Å². The van der Waals surface area contributed by atoms with Crippen molar-refractivity contribution in [1.29, 1.82) is 0 Å². The van der Waals surface area contributed by atoms with Crippen LogP contribution in [0, 0.1) is 16.7 Å². The van der Waals surface area contributed by atoms with E-state index < -0.39 is 94.4 Å². The van der Waals surface area contributed by atoms with Crippen molar-refractivity contribution in [2.45, 2.75) is 123 Å². The van der Waals surface area contributed by atoms with Crippen LogP contribution in [0.4, 0.5) is 0 Å². The summed E-state index contributed by atoms with van der Waals surface area (Å²) in [5, 5.41) is 25.4. The van der Waals surface area contributed by atoms with Gasteiger partial charge in [-0.2, -0.15) is 0 Å². The van der Waals surface area contributed by atoms with Crippen LogP contribution in [0.15, 0.2) is 11.1 Å². The van der Waals surface area contributed by atoms with Crippen LogP contribution < -0.4 is 0 Å². The van der Waals surface area contributed by atoms with Crippen molar-refractivity contribution in [2.24, 2.45) is 16.7 Å². The zero-order valence-electron chi connectivity index (χ0n) is 26.0. The van der Waals surface area contributed by atoms with Gasteiger partial charge in [0.2, 0.25) is 0 Å². The summed E-state index contributed by atoms with van der Waals surface area (Å²) in [6.45, 7) is 12.5. The molecule has 2 saturated carbocycles. The fourth-order valence-electron chi connectivity index (χ4n) is 8.08. The van der Waals surface area contributed by atoms with E-state index in [4.69, 9.17) is 28.4 Å². The maximum absolute atomic E-state index is 12.9. The Kier molecular flexibility index (Phi) is 8.29. The molecule has 2 bridgehead atoms. The topological polar surface area (TPSA) is 184 Å². The molecule has 0 unspecified atom stereocenters. The zero-order valence-corrected chi connectivity index (χ0v) is 26.0. The summed E-state index contributed by atoms with van der Waals surface area (Å²) in [5.41, 5.74) is -5.73. The first kappa shape index (κ1) is 32.9. The minimum absolute atomic E-state index is 0.00762. The number of carbonyl (C=O) groups is 5. The van der Waals surface area contributed by atoms with Crippen LogP contribution in [0.2, 0.25) is 0 Å². The van der Waals surface area contributed by atoms with Crippen molar-refractivity contribution in [1.82, 2.24) is 0 Å². The lowest BCUT2D eigenvalue weighted by Crippen LogP contribution is -2.76.